The number of carbonyl (C=O) groups excluding carboxylic acids is 1. The highest BCUT2D eigenvalue weighted by Crippen LogP contribution is 2.27. The minimum Gasteiger partial charge on any atom is -0.368 e. The summed E-state index contributed by atoms with van der Waals surface area (Å²) in [5, 5.41) is 3.82. The summed E-state index contributed by atoms with van der Waals surface area (Å²) < 4.78 is 12.9. The Bertz CT molecular complexity index is 731. The monoisotopic (exact) mass is 367 g/mol. The molecule has 1 heterocycles. The molecule has 0 aliphatic carbocycles. The predicted molar refractivity (Wildman–Crippen MR) is 95.7 cm³/mol. The Labute approximate surface area is 149 Å². The van der Waals surface area contributed by atoms with E-state index in [4.69, 9.17) is 23.2 Å². The van der Waals surface area contributed by atoms with Crippen molar-refractivity contribution in [1.29, 1.82) is 0 Å². The highest BCUT2D eigenvalue weighted by atomic mass is 35.5. The first-order chi connectivity index (χ1) is 11.5. The molecule has 0 radical (unpaired) electrons. The van der Waals surface area contributed by atoms with Crippen molar-refractivity contribution in [1.82, 2.24) is 4.90 Å². The molecule has 0 unspecified atom stereocenters. The third-order valence-electron chi connectivity index (χ3n) is 3.93. The van der Waals surface area contributed by atoms with Crippen molar-refractivity contribution >= 4 is 40.6 Å². The molecule has 0 aromatic heterocycles. The van der Waals surface area contributed by atoms with Gasteiger partial charge in [-0.2, -0.15) is 0 Å². The number of nitrogens with one attached hydrogen (secondary N) is 1. The summed E-state index contributed by atoms with van der Waals surface area (Å²) in [7, 11) is 0. The quantitative estimate of drug-likeness (QED) is 0.848. The van der Waals surface area contributed by atoms with Gasteiger partial charge in [-0.05, 0) is 42.5 Å². The summed E-state index contributed by atoms with van der Waals surface area (Å²) in [6.45, 7) is 2.59. The van der Waals surface area contributed by atoms with Crippen LogP contribution in [-0.2, 0) is 0 Å². The number of hydrogen-bond acceptors (Lipinski definition) is 2. The van der Waals surface area contributed by atoms with Gasteiger partial charge in [-0.25, -0.2) is 9.18 Å². The minimum atomic E-state index is -0.330. The fourth-order valence-electron chi connectivity index (χ4n) is 2.59. The number of anilines is 2. The largest absolute Gasteiger partial charge is 0.368 e. The normalized spacial score (nSPS) is 14.6. The van der Waals surface area contributed by atoms with E-state index in [-0.39, 0.29) is 11.8 Å². The van der Waals surface area contributed by atoms with E-state index in [1.807, 2.05) is 12.1 Å². The van der Waals surface area contributed by atoms with Gasteiger partial charge in [0.2, 0.25) is 0 Å². The number of urea groups is 1. The second kappa shape index (κ2) is 7.28. The number of carbonyl (C=O) groups is 1. The maximum Gasteiger partial charge on any atom is 0.321 e. The van der Waals surface area contributed by atoms with E-state index in [0.29, 0.717) is 41.9 Å². The Morgan fingerprint density at radius 3 is 2.25 bits per heavy atom. The number of hydrogen-bond donors (Lipinski definition) is 1. The van der Waals surface area contributed by atoms with Crippen molar-refractivity contribution < 1.29 is 9.18 Å². The van der Waals surface area contributed by atoms with E-state index < -0.39 is 0 Å². The van der Waals surface area contributed by atoms with Crippen LogP contribution in [0.3, 0.4) is 0 Å². The lowest BCUT2D eigenvalue weighted by Gasteiger charge is -2.36. The van der Waals surface area contributed by atoms with Gasteiger partial charge in [0.15, 0.2) is 0 Å². The Hall–Kier alpha value is -1.98. The molecule has 2 aromatic rings. The number of benzene rings is 2. The average Bonchev–Trinajstić information content (AvgIpc) is 2.59. The van der Waals surface area contributed by atoms with E-state index in [1.165, 1.54) is 12.1 Å². The lowest BCUT2D eigenvalue weighted by Crippen LogP contribution is -2.50. The van der Waals surface area contributed by atoms with Crippen LogP contribution in [0.4, 0.5) is 20.6 Å². The maximum atomic E-state index is 12.9. The molecule has 0 atom stereocenters. The van der Waals surface area contributed by atoms with Gasteiger partial charge >= 0.3 is 6.03 Å². The van der Waals surface area contributed by atoms with Crippen LogP contribution in [0.1, 0.15) is 0 Å². The zero-order chi connectivity index (χ0) is 17.1. The van der Waals surface area contributed by atoms with Crippen molar-refractivity contribution in [2.75, 3.05) is 36.4 Å². The highest BCUT2D eigenvalue weighted by molar-refractivity contribution is 6.42. The molecule has 1 aliphatic rings. The predicted octanol–water partition coefficient (Wildman–Crippen LogP) is 4.49. The molecule has 0 spiro atoms. The summed E-state index contributed by atoms with van der Waals surface area (Å²) in [6.07, 6.45) is 0. The summed E-state index contributed by atoms with van der Waals surface area (Å²) >= 11 is 12.0. The van der Waals surface area contributed by atoms with Gasteiger partial charge in [0, 0.05) is 37.6 Å². The van der Waals surface area contributed by atoms with Crippen molar-refractivity contribution in [2.45, 2.75) is 0 Å². The maximum absolute atomic E-state index is 12.9. The second-order valence-corrected chi connectivity index (χ2v) is 6.32. The topological polar surface area (TPSA) is 35.6 Å². The summed E-state index contributed by atoms with van der Waals surface area (Å²) in [4.78, 5) is 16.1. The first-order valence-corrected chi connectivity index (χ1v) is 8.30. The molecule has 24 heavy (non-hydrogen) atoms. The molecule has 2 aromatic carbocycles. The number of nitrogens with zero attached hydrogens (tertiary/aromatic N) is 2. The molecule has 2 amide bonds. The molecule has 1 aliphatic heterocycles. The third-order valence-corrected chi connectivity index (χ3v) is 4.67. The molecule has 1 saturated heterocycles. The molecule has 1 N–H and O–H groups in total. The van der Waals surface area contributed by atoms with Crippen LogP contribution in [0.15, 0.2) is 42.5 Å². The van der Waals surface area contributed by atoms with Gasteiger partial charge in [0.05, 0.1) is 10.0 Å². The van der Waals surface area contributed by atoms with E-state index in [2.05, 4.69) is 10.2 Å². The van der Waals surface area contributed by atoms with Crippen molar-refractivity contribution in [3.63, 3.8) is 0 Å². The minimum absolute atomic E-state index is 0.185. The van der Waals surface area contributed by atoms with Gasteiger partial charge in [-0.15, -0.1) is 0 Å². The van der Waals surface area contributed by atoms with Gasteiger partial charge in [-0.1, -0.05) is 23.2 Å². The SMILES string of the molecule is O=C(Nc1ccc(F)cc1)N1CCN(c2ccc(Cl)c(Cl)c2)CC1. The van der Waals surface area contributed by atoms with Gasteiger partial charge in [0.1, 0.15) is 5.82 Å². The number of halogens is 3. The van der Waals surface area contributed by atoms with Crippen LogP contribution >= 0.6 is 23.2 Å². The summed E-state index contributed by atoms with van der Waals surface area (Å²) in [6, 6.07) is 11.1. The van der Waals surface area contributed by atoms with Crippen LogP contribution < -0.4 is 10.2 Å². The van der Waals surface area contributed by atoms with Crippen LogP contribution in [0.25, 0.3) is 0 Å². The number of rotatable bonds is 2. The fourth-order valence-corrected chi connectivity index (χ4v) is 2.88. The Balaban J connectivity index is 1.57. The standard InChI is InChI=1S/C17H16Cl2FN3O/c18-15-6-5-14(11-16(15)19)22-7-9-23(10-8-22)17(24)21-13-3-1-12(20)2-4-13/h1-6,11H,7-10H2,(H,21,24). The van der Waals surface area contributed by atoms with Crippen LogP contribution in [0.2, 0.25) is 10.0 Å². The van der Waals surface area contributed by atoms with Crippen molar-refractivity contribution in [3.05, 3.63) is 58.3 Å². The lowest BCUT2D eigenvalue weighted by atomic mass is 10.2. The zero-order valence-electron chi connectivity index (χ0n) is 12.8. The Morgan fingerprint density at radius 1 is 0.958 bits per heavy atom. The first kappa shape index (κ1) is 16.9. The second-order valence-electron chi connectivity index (χ2n) is 5.51. The molecular formula is C17H16Cl2FN3O. The smallest absolute Gasteiger partial charge is 0.321 e. The molecule has 3 rings (SSSR count). The average molecular weight is 368 g/mol. The van der Waals surface area contributed by atoms with E-state index in [9.17, 15) is 9.18 Å². The van der Waals surface area contributed by atoms with Gasteiger partial charge < -0.3 is 15.1 Å². The fraction of sp³-hybridized carbons (Fsp3) is 0.235. The molecule has 126 valence electrons. The molecule has 1 fully saturated rings. The highest BCUT2D eigenvalue weighted by Gasteiger charge is 2.21. The van der Waals surface area contributed by atoms with Crippen molar-refractivity contribution in [3.8, 4) is 0 Å². The van der Waals surface area contributed by atoms with E-state index >= 15 is 0 Å². The summed E-state index contributed by atoms with van der Waals surface area (Å²) in [5.41, 5.74) is 1.57. The molecule has 0 bridgehead atoms. The van der Waals surface area contributed by atoms with Gasteiger partial charge in [0.25, 0.3) is 0 Å². The zero-order valence-corrected chi connectivity index (χ0v) is 14.3. The van der Waals surface area contributed by atoms with Crippen molar-refractivity contribution in [2.24, 2.45) is 0 Å². The first-order valence-electron chi connectivity index (χ1n) is 7.54. The molecule has 7 heteroatoms. The van der Waals surface area contributed by atoms with E-state index in [0.717, 1.165) is 5.69 Å². The molecule has 4 nitrogen and oxygen atoms in total. The van der Waals surface area contributed by atoms with Gasteiger partial charge in [-0.3, -0.25) is 0 Å². The van der Waals surface area contributed by atoms with E-state index in [1.54, 1.807) is 23.1 Å². The van der Waals surface area contributed by atoms with Crippen LogP contribution in [0.5, 0.6) is 0 Å². The van der Waals surface area contributed by atoms with Crippen LogP contribution in [-0.4, -0.2) is 37.1 Å². The third kappa shape index (κ3) is 3.91. The van der Waals surface area contributed by atoms with Crippen LogP contribution in [0, 0.1) is 5.82 Å². The molecular weight excluding hydrogens is 352 g/mol. The Kier molecular flexibility index (Phi) is 5.11. The number of piperazine rings is 1. The lowest BCUT2D eigenvalue weighted by molar-refractivity contribution is 0.208. The molecule has 0 saturated carbocycles. The summed E-state index contributed by atoms with van der Waals surface area (Å²) in [5.74, 6) is -0.330. The Morgan fingerprint density at radius 2 is 1.62 bits per heavy atom. The number of amides is 2.